The number of nitrogens with one attached hydrogen (secondary N) is 1. The van der Waals surface area contributed by atoms with E-state index in [0.717, 1.165) is 40.5 Å². The average Bonchev–Trinajstić information content (AvgIpc) is 3.50. The molecule has 4 heterocycles. The van der Waals surface area contributed by atoms with Crippen molar-refractivity contribution in [3.63, 3.8) is 0 Å². The van der Waals surface area contributed by atoms with Crippen LogP contribution in [0.5, 0.6) is 5.75 Å². The predicted molar refractivity (Wildman–Crippen MR) is 118 cm³/mol. The van der Waals surface area contributed by atoms with E-state index < -0.39 is 0 Å². The second-order valence-corrected chi connectivity index (χ2v) is 8.34. The fourth-order valence-electron chi connectivity index (χ4n) is 3.73. The smallest absolute Gasteiger partial charge is 0.259 e. The maximum Gasteiger partial charge on any atom is 0.259 e. The Labute approximate surface area is 182 Å². The van der Waals surface area contributed by atoms with Gasteiger partial charge in [0.05, 0.1) is 31.2 Å². The molecular weight excluding hydrogens is 414 g/mol. The summed E-state index contributed by atoms with van der Waals surface area (Å²) in [5, 5.41) is 7.85. The molecule has 1 amide bonds. The zero-order chi connectivity index (χ0) is 21.4. The Morgan fingerprint density at radius 3 is 2.97 bits per heavy atom. The van der Waals surface area contributed by atoms with Gasteiger partial charge >= 0.3 is 0 Å². The summed E-state index contributed by atoms with van der Waals surface area (Å²) >= 11 is 1.34. The number of hydrogen-bond acceptors (Lipinski definition) is 7. The number of amides is 1. The van der Waals surface area contributed by atoms with Crippen LogP contribution in [0.4, 0.5) is 5.13 Å². The Bertz CT molecular complexity index is 1230. The number of methoxy groups -OCH3 is 1. The van der Waals surface area contributed by atoms with Crippen LogP contribution >= 0.6 is 11.3 Å². The van der Waals surface area contributed by atoms with Gasteiger partial charge in [0.1, 0.15) is 5.75 Å². The Hall–Kier alpha value is -3.30. The minimum atomic E-state index is -0.283. The number of anilines is 1. The minimum absolute atomic E-state index is 0.283. The number of hydrogen-bond donors (Lipinski definition) is 1. The van der Waals surface area contributed by atoms with Gasteiger partial charge in [0.15, 0.2) is 0 Å². The van der Waals surface area contributed by atoms with Crippen LogP contribution in [0.3, 0.4) is 0 Å². The second-order valence-electron chi connectivity index (χ2n) is 7.39. The first-order valence-corrected chi connectivity index (χ1v) is 10.8. The molecule has 158 valence electrons. The Kier molecular flexibility index (Phi) is 5.13. The number of ether oxygens (including phenoxy) is 2. The lowest BCUT2D eigenvalue weighted by molar-refractivity contribution is 0.102. The molecule has 1 aliphatic rings. The number of carbonyl (C=O) groups is 1. The third-order valence-electron chi connectivity index (χ3n) is 5.31. The molecule has 0 aliphatic carbocycles. The van der Waals surface area contributed by atoms with Crippen molar-refractivity contribution in [3.05, 3.63) is 59.7 Å². The molecule has 1 atom stereocenters. The molecule has 0 spiro atoms. The summed E-state index contributed by atoms with van der Waals surface area (Å²) < 4.78 is 12.6. The largest absolute Gasteiger partial charge is 0.496 e. The van der Waals surface area contributed by atoms with E-state index in [1.54, 1.807) is 17.8 Å². The van der Waals surface area contributed by atoms with Crippen LogP contribution in [0.1, 0.15) is 34.1 Å². The van der Waals surface area contributed by atoms with Gasteiger partial charge in [0.2, 0.25) is 10.1 Å². The van der Waals surface area contributed by atoms with Crippen molar-refractivity contribution in [1.29, 1.82) is 0 Å². The van der Waals surface area contributed by atoms with Gasteiger partial charge in [-0.05, 0) is 25.5 Å². The predicted octanol–water partition coefficient (Wildman–Crippen LogP) is 3.93. The lowest BCUT2D eigenvalue weighted by Gasteiger charge is -2.13. The number of fused-ring (bicyclic) bond motifs is 1. The van der Waals surface area contributed by atoms with E-state index in [1.807, 2.05) is 43.5 Å². The second kappa shape index (κ2) is 8.09. The van der Waals surface area contributed by atoms with E-state index >= 15 is 0 Å². The molecule has 1 fully saturated rings. The molecule has 1 saturated heterocycles. The number of imidazole rings is 1. The first kappa shape index (κ1) is 19.7. The van der Waals surface area contributed by atoms with Crippen LogP contribution in [0, 0.1) is 6.92 Å². The Morgan fingerprint density at radius 1 is 1.32 bits per heavy atom. The summed E-state index contributed by atoms with van der Waals surface area (Å²) in [6.45, 7) is 3.35. The maximum atomic E-state index is 13.1. The van der Waals surface area contributed by atoms with E-state index in [2.05, 4.69) is 20.4 Å². The fraction of sp³-hybridized carbons (Fsp3) is 0.273. The van der Waals surface area contributed by atoms with E-state index in [4.69, 9.17) is 9.47 Å². The Balaban J connectivity index is 1.43. The average molecular weight is 436 g/mol. The highest BCUT2D eigenvalue weighted by Gasteiger charge is 2.23. The third kappa shape index (κ3) is 3.77. The third-order valence-corrected chi connectivity index (χ3v) is 6.15. The first-order valence-electron chi connectivity index (χ1n) is 9.97. The molecule has 9 heteroatoms. The van der Waals surface area contributed by atoms with Gasteiger partial charge in [-0.3, -0.25) is 15.1 Å². The number of nitrogens with zero attached hydrogens (tertiary/aromatic N) is 4. The van der Waals surface area contributed by atoms with E-state index in [0.29, 0.717) is 29.0 Å². The number of aryl methyl sites for hydroxylation is 1. The molecule has 3 aromatic heterocycles. The van der Waals surface area contributed by atoms with E-state index in [-0.39, 0.29) is 5.91 Å². The van der Waals surface area contributed by atoms with Crippen molar-refractivity contribution in [2.45, 2.75) is 19.3 Å². The van der Waals surface area contributed by atoms with Crippen molar-refractivity contribution in [2.24, 2.45) is 0 Å². The minimum Gasteiger partial charge on any atom is -0.496 e. The molecular formula is C22H21N5O3S. The monoisotopic (exact) mass is 435 g/mol. The summed E-state index contributed by atoms with van der Waals surface area (Å²) in [7, 11) is 1.62. The van der Waals surface area contributed by atoms with Crippen molar-refractivity contribution in [3.8, 4) is 16.9 Å². The highest BCUT2D eigenvalue weighted by atomic mass is 32.1. The fourth-order valence-corrected chi connectivity index (χ4v) is 4.51. The number of aromatic nitrogens is 4. The lowest BCUT2D eigenvalue weighted by atomic mass is 9.99. The van der Waals surface area contributed by atoms with Gasteiger partial charge in [-0.15, -0.1) is 5.10 Å². The number of benzene rings is 1. The summed E-state index contributed by atoms with van der Waals surface area (Å²) in [6.07, 6.45) is 4.47. The number of pyridine rings is 1. The molecule has 0 unspecified atom stereocenters. The Morgan fingerprint density at radius 2 is 2.19 bits per heavy atom. The van der Waals surface area contributed by atoms with Crippen molar-refractivity contribution in [1.82, 2.24) is 19.6 Å². The maximum absolute atomic E-state index is 13.1. The summed E-state index contributed by atoms with van der Waals surface area (Å²) in [5.74, 6) is 0.724. The standard InChI is InChI=1S/C22H21N5O3S/c1-13-9-16(15-5-3-4-6-19(15)29-2)17(10-23-13)20(28)25-21-26-27-11-18(24-22(27)31-21)14-7-8-30-12-14/h3-6,9-11,14H,7-8,12H2,1-2H3,(H,25,26,28)/t14-/m1/s1. The van der Waals surface area contributed by atoms with Crippen LogP contribution in [-0.4, -0.2) is 45.8 Å². The molecule has 1 aliphatic heterocycles. The number of rotatable bonds is 5. The van der Waals surface area contributed by atoms with Gasteiger partial charge in [0.25, 0.3) is 5.91 Å². The molecule has 1 aromatic carbocycles. The molecule has 5 rings (SSSR count). The van der Waals surface area contributed by atoms with Gasteiger partial charge in [-0.1, -0.05) is 29.5 Å². The van der Waals surface area contributed by atoms with Crippen LogP contribution in [-0.2, 0) is 4.74 Å². The molecule has 0 radical (unpaired) electrons. The van der Waals surface area contributed by atoms with E-state index in [1.165, 1.54) is 11.3 Å². The molecule has 0 bridgehead atoms. The molecule has 4 aromatic rings. The normalized spacial score (nSPS) is 16.0. The SMILES string of the molecule is COc1ccccc1-c1cc(C)ncc1C(=O)Nc1nn2cc([C@@H]3CCOC3)nc2s1. The highest BCUT2D eigenvalue weighted by Crippen LogP contribution is 2.33. The van der Waals surface area contributed by atoms with Gasteiger partial charge in [0, 0.05) is 35.5 Å². The zero-order valence-corrected chi connectivity index (χ0v) is 18.0. The van der Waals surface area contributed by atoms with Gasteiger partial charge < -0.3 is 9.47 Å². The highest BCUT2D eigenvalue weighted by molar-refractivity contribution is 7.20. The molecule has 1 N–H and O–H groups in total. The van der Waals surface area contributed by atoms with Gasteiger partial charge in [-0.2, -0.15) is 0 Å². The summed E-state index contributed by atoms with van der Waals surface area (Å²) in [5.41, 5.74) is 3.83. The van der Waals surface area contributed by atoms with Crippen molar-refractivity contribution in [2.75, 3.05) is 25.6 Å². The van der Waals surface area contributed by atoms with E-state index in [9.17, 15) is 4.79 Å². The first-order chi connectivity index (χ1) is 15.1. The van der Waals surface area contributed by atoms with Crippen LogP contribution < -0.4 is 10.1 Å². The summed E-state index contributed by atoms with van der Waals surface area (Å²) in [6, 6.07) is 9.49. The molecule has 31 heavy (non-hydrogen) atoms. The van der Waals surface area contributed by atoms with Crippen molar-refractivity contribution < 1.29 is 14.3 Å². The van der Waals surface area contributed by atoms with Crippen LogP contribution in [0.15, 0.2) is 42.7 Å². The lowest BCUT2D eigenvalue weighted by Crippen LogP contribution is -2.14. The van der Waals surface area contributed by atoms with Crippen LogP contribution in [0.25, 0.3) is 16.1 Å². The quantitative estimate of drug-likeness (QED) is 0.511. The van der Waals surface area contributed by atoms with Crippen LogP contribution in [0.2, 0.25) is 0 Å². The number of para-hydroxylation sites is 1. The topological polar surface area (TPSA) is 90.6 Å². The molecule has 8 nitrogen and oxygen atoms in total. The zero-order valence-electron chi connectivity index (χ0n) is 17.2. The van der Waals surface area contributed by atoms with Crippen molar-refractivity contribution >= 4 is 27.3 Å². The summed E-state index contributed by atoms with van der Waals surface area (Å²) in [4.78, 5) is 22.8. The molecule has 0 saturated carbocycles. The number of carbonyl (C=O) groups excluding carboxylic acids is 1. The van der Waals surface area contributed by atoms with Gasteiger partial charge in [-0.25, -0.2) is 9.50 Å².